The van der Waals surface area contributed by atoms with E-state index in [9.17, 15) is 19.6 Å². The fourth-order valence-electron chi connectivity index (χ4n) is 3.40. The van der Waals surface area contributed by atoms with Crippen molar-refractivity contribution in [2.45, 2.75) is 43.9 Å². The van der Waals surface area contributed by atoms with Gasteiger partial charge in [-0.25, -0.2) is 9.56 Å². The Morgan fingerprint density at radius 2 is 2.03 bits per heavy atom. The predicted molar refractivity (Wildman–Crippen MR) is 119 cm³/mol. The molecule has 1 fully saturated rings. The lowest BCUT2D eigenvalue weighted by Crippen LogP contribution is -2.48. The number of nitrogens with two attached hydrogens (primary N) is 1. The van der Waals surface area contributed by atoms with Gasteiger partial charge in [-0.15, -0.1) is 0 Å². The van der Waals surface area contributed by atoms with Crippen molar-refractivity contribution < 1.29 is 42.8 Å². The van der Waals surface area contributed by atoms with Gasteiger partial charge in [-0.2, -0.15) is 5.09 Å². The molecule has 2 heterocycles. The number of rotatable bonds is 10. The molecule has 0 bridgehead atoms. The first kappa shape index (κ1) is 26.1. The molecule has 2 aliphatic heterocycles. The van der Waals surface area contributed by atoms with E-state index in [0.717, 1.165) is 0 Å². The number of aliphatic hydroxyl groups is 2. The van der Waals surface area contributed by atoms with Crippen molar-refractivity contribution in [1.29, 1.82) is 0 Å². The fraction of sp³-hybridized carbons (Fsp3) is 0.500. The molecule has 0 radical (unpaired) electrons. The molecule has 0 aliphatic carbocycles. The number of para-hydroxylation sites is 1. The molecule has 5 N–H and O–H groups in total. The average molecular weight is 500 g/mol. The molecule has 7 atom stereocenters. The second-order valence-electron chi connectivity index (χ2n) is 7.49. The lowest BCUT2D eigenvalue weighted by Gasteiger charge is -2.34. The van der Waals surface area contributed by atoms with Crippen LogP contribution in [0.1, 0.15) is 6.92 Å². The SMILES string of the molecule is COC(=O)C(C)NP(=O)(OCC1OC(N2C=CC(N)=NC2O)C(OC)C1O)Oc1ccccc1. The third kappa shape index (κ3) is 6.13. The van der Waals surface area contributed by atoms with Crippen LogP contribution in [-0.2, 0) is 28.1 Å². The van der Waals surface area contributed by atoms with E-state index < -0.39 is 57.3 Å². The molecule has 2 aliphatic rings. The highest BCUT2D eigenvalue weighted by Crippen LogP contribution is 2.45. The lowest BCUT2D eigenvalue weighted by molar-refractivity contribution is -0.142. The quantitative estimate of drug-likeness (QED) is 0.249. The van der Waals surface area contributed by atoms with Crippen LogP contribution in [0.4, 0.5) is 0 Å². The van der Waals surface area contributed by atoms with Crippen LogP contribution in [0.3, 0.4) is 0 Å². The molecule has 7 unspecified atom stereocenters. The second-order valence-corrected chi connectivity index (χ2v) is 9.18. The number of methoxy groups -OCH3 is 2. The number of hydrogen-bond donors (Lipinski definition) is 4. The first-order valence-electron chi connectivity index (χ1n) is 10.4. The fourth-order valence-corrected chi connectivity index (χ4v) is 4.90. The van der Waals surface area contributed by atoms with Crippen molar-refractivity contribution in [3.05, 3.63) is 42.6 Å². The number of ether oxygens (including phenoxy) is 3. The average Bonchev–Trinajstić information content (AvgIpc) is 3.12. The normalized spacial score (nSPS) is 29.3. The standard InChI is InChI=1S/C20H29N4O9P/c1-12(19(26)30-3)23-34(28,33-13-7-5-4-6-8-13)31-11-14-16(25)17(29-2)18(32-14)24-10-9-15(21)22-20(24)27/h4-10,12,14,16-18,20,25,27H,11H2,1-3H3,(H2,21,22)(H,23,28). The van der Waals surface area contributed by atoms with Gasteiger partial charge in [-0.05, 0) is 25.1 Å². The molecule has 1 aromatic rings. The highest BCUT2D eigenvalue weighted by Gasteiger charge is 2.49. The van der Waals surface area contributed by atoms with E-state index in [1.54, 1.807) is 30.3 Å². The summed E-state index contributed by atoms with van der Waals surface area (Å²) < 4.78 is 40.4. The smallest absolute Gasteiger partial charge is 0.459 e. The summed E-state index contributed by atoms with van der Waals surface area (Å²) >= 11 is 0. The summed E-state index contributed by atoms with van der Waals surface area (Å²) in [5, 5.41) is 23.5. The molecule has 0 aromatic heterocycles. The van der Waals surface area contributed by atoms with Gasteiger partial charge in [0.05, 0.1) is 13.7 Å². The number of aliphatic imine (C=N–C) groups is 1. The van der Waals surface area contributed by atoms with Crippen LogP contribution in [0.25, 0.3) is 0 Å². The molecular formula is C20H29N4O9P. The van der Waals surface area contributed by atoms with Gasteiger partial charge in [0.15, 0.2) is 6.23 Å². The number of esters is 1. The van der Waals surface area contributed by atoms with Crippen molar-refractivity contribution in [2.75, 3.05) is 20.8 Å². The maximum Gasteiger partial charge on any atom is 0.459 e. The number of nitrogens with one attached hydrogen (secondary N) is 1. The Morgan fingerprint density at radius 1 is 1.32 bits per heavy atom. The Morgan fingerprint density at radius 3 is 2.65 bits per heavy atom. The van der Waals surface area contributed by atoms with Gasteiger partial charge >= 0.3 is 13.7 Å². The van der Waals surface area contributed by atoms with Gasteiger partial charge in [0.25, 0.3) is 0 Å². The van der Waals surface area contributed by atoms with E-state index in [1.165, 1.54) is 38.3 Å². The lowest BCUT2D eigenvalue weighted by atomic mass is 10.1. The number of hydrogen-bond acceptors (Lipinski definition) is 12. The zero-order valence-electron chi connectivity index (χ0n) is 18.9. The minimum Gasteiger partial charge on any atom is -0.468 e. The first-order valence-corrected chi connectivity index (χ1v) is 11.9. The van der Waals surface area contributed by atoms with Crippen molar-refractivity contribution in [3.63, 3.8) is 0 Å². The molecule has 0 saturated carbocycles. The summed E-state index contributed by atoms with van der Waals surface area (Å²) in [7, 11) is -1.58. The topological polar surface area (TPSA) is 174 Å². The summed E-state index contributed by atoms with van der Waals surface area (Å²) in [5.41, 5.74) is 5.59. The van der Waals surface area contributed by atoms with Crippen LogP contribution >= 0.6 is 7.75 Å². The van der Waals surface area contributed by atoms with Crippen molar-refractivity contribution in [2.24, 2.45) is 10.7 Å². The molecular weight excluding hydrogens is 471 g/mol. The van der Waals surface area contributed by atoms with Crippen LogP contribution < -0.4 is 15.3 Å². The van der Waals surface area contributed by atoms with Gasteiger partial charge < -0.3 is 39.6 Å². The van der Waals surface area contributed by atoms with Crippen LogP contribution in [0, 0.1) is 0 Å². The van der Waals surface area contributed by atoms with Gasteiger partial charge in [-0.3, -0.25) is 9.32 Å². The number of benzene rings is 1. The van der Waals surface area contributed by atoms with Crippen molar-refractivity contribution >= 4 is 19.6 Å². The number of aliphatic hydroxyl groups excluding tert-OH is 2. The van der Waals surface area contributed by atoms with E-state index in [-0.39, 0.29) is 11.6 Å². The summed E-state index contributed by atoms with van der Waals surface area (Å²) in [6, 6.07) is 7.20. The maximum atomic E-state index is 13.5. The molecule has 188 valence electrons. The number of carbonyl (C=O) groups excluding carboxylic acids is 1. The Kier molecular flexibility index (Phi) is 8.66. The summed E-state index contributed by atoms with van der Waals surface area (Å²) in [5.74, 6) is -0.322. The molecule has 1 aromatic carbocycles. The van der Waals surface area contributed by atoms with E-state index in [2.05, 4.69) is 14.8 Å². The zero-order chi connectivity index (χ0) is 24.9. The van der Waals surface area contributed by atoms with E-state index >= 15 is 0 Å². The summed E-state index contributed by atoms with van der Waals surface area (Å²) in [6.45, 7) is 1.03. The summed E-state index contributed by atoms with van der Waals surface area (Å²) in [4.78, 5) is 17.0. The minimum absolute atomic E-state index is 0.126. The predicted octanol–water partition coefficient (Wildman–Crippen LogP) is -0.0956. The minimum atomic E-state index is -4.14. The maximum absolute atomic E-state index is 13.5. The number of amidine groups is 1. The van der Waals surface area contributed by atoms with Crippen LogP contribution in [0.2, 0.25) is 0 Å². The van der Waals surface area contributed by atoms with Crippen molar-refractivity contribution in [3.8, 4) is 5.75 Å². The van der Waals surface area contributed by atoms with E-state index in [0.29, 0.717) is 0 Å². The molecule has 13 nitrogen and oxygen atoms in total. The molecule has 0 amide bonds. The van der Waals surface area contributed by atoms with Gasteiger partial charge in [0.2, 0.25) is 6.35 Å². The largest absolute Gasteiger partial charge is 0.468 e. The zero-order valence-corrected chi connectivity index (χ0v) is 19.8. The highest BCUT2D eigenvalue weighted by molar-refractivity contribution is 7.52. The molecule has 0 spiro atoms. The molecule has 3 rings (SSSR count). The van der Waals surface area contributed by atoms with Crippen LogP contribution in [0.5, 0.6) is 5.75 Å². The van der Waals surface area contributed by atoms with Gasteiger partial charge in [0.1, 0.15) is 35.9 Å². The molecule has 1 saturated heterocycles. The third-order valence-corrected chi connectivity index (χ3v) is 6.76. The first-order chi connectivity index (χ1) is 16.2. The molecule has 14 heteroatoms. The Balaban J connectivity index is 1.73. The van der Waals surface area contributed by atoms with Crippen LogP contribution in [-0.4, -0.2) is 84.7 Å². The van der Waals surface area contributed by atoms with E-state index in [1.807, 2.05) is 0 Å². The van der Waals surface area contributed by atoms with Crippen LogP contribution in [0.15, 0.2) is 47.6 Å². The highest BCUT2D eigenvalue weighted by atomic mass is 31.2. The molecule has 34 heavy (non-hydrogen) atoms. The van der Waals surface area contributed by atoms with Gasteiger partial charge in [0, 0.05) is 13.3 Å². The van der Waals surface area contributed by atoms with E-state index in [4.69, 9.17) is 24.3 Å². The Hall–Kier alpha value is -2.51. The Labute approximate surface area is 196 Å². The second kappa shape index (κ2) is 11.3. The third-order valence-electron chi connectivity index (χ3n) is 5.11. The monoisotopic (exact) mass is 500 g/mol. The number of carbonyl (C=O) groups is 1. The van der Waals surface area contributed by atoms with Crippen molar-refractivity contribution in [1.82, 2.24) is 9.99 Å². The Bertz CT molecular complexity index is 947. The van der Waals surface area contributed by atoms with Gasteiger partial charge in [-0.1, -0.05) is 18.2 Å². The number of nitrogens with zero attached hydrogens (tertiary/aromatic N) is 2. The summed E-state index contributed by atoms with van der Waals surface area (Å²) in [6.07, 6.45) is -2.54.